The molecule has 1 aliphatic heterocycles. The third-order valence-corrected chi connectivity index (χ3v) is 2.74. The molecular weight excluding hydrogens is 246 g/mol. The second-order valence-corrected chi connectivity index (χ2v) is 3.99. The first-order chi connectivity index (χ1) is 9.24. The number of nitrogens with one attached hydrogen (secondary N) is 1. The van der Waals surface area contributed by atoms with E-state index in [4.69, 9.17) is 4.74 Å². The van der Waals surface area contributed by atoms with Crippen LogP contribution in [-0.2, 0) is 11.3 Å². The number of hydrogen-bond donors (Lipinski definition) is 1. The van der Waals surface area contributed by atoms with Crippen molar-refractivity contribution in [3.8, 4) is 0 Å². The van der Waals surface area contributed by atoms with Crippen LogP contribution in [0.1, 0.15) is 26.4 Å². The van der Waals surface area contributed by atoms with Gasteiger partial charge in [-0.1, -0.05) is 6.07 Å². The molecule has 2 aromatic rings. The summed E-state index contributed by atoms with van der Waals surface area (Å²) in [5, 5.41) is 2.66. The van der Waals surface area contributed by atoms with E-state index in [9.17, 15) is 9.59 Å². The zero-order valence-electron chi connectivity index (χ0n) is 9.79. The summed E-state index contributed by atoms with van der Waals surface area (Å²) in [4.78, 5) is 31.0. The molecule has 3 rings (SSSR count). The number of carbonyl (C=O) groups is 2. The highest BCUT2D eigenvalue weighted by atomic mass is 16.5. The van der Waals surface area contributed by atoms with Crippen molar-refractivity contribution in [2.24, 2.45) is 0 Å². The van der Waals surface area contributed by atoms with Crippen LogP contribution in [-0.4, -0.2) is 21.8 Å². The molecule has 94 valence electrons. The van der Waals surface area contributed by atoms with Crippen LogP contribution in [0.4, 0.5) is 5.69 Å². The molecule has 0 unspecified atom stereocenters. The maximum Gasteiger partial charge on any atom is 0.338 e. The van der Waals surface area contributed by atoms with Crippen molar-refractivity contribution in [3.63, 3.8) is 0 Å². The van der Waals surface area contributed by atoms with Crippen LogP contribution in [0.5, 0.6) is 0 Å². The predicted octanol–water partition coefficient (Wildman–Crippen LogP) is 1.40. The lowest BCUT2D eigenvalue weighted by atomic mass is 10.1. The average Bonchev–Trinajstić information content (AvgIpc) is 2.81. The van der Waals surface area contributed by atoms with Crippen LogP contribution in [0.3, 0.4) is 0 Å². The predicted molar refractivity (Wildman–Crippen MR) is 65.5 cm³/mol. The molecule has 1 aliphatic rings. The Hall–Kier alpha value is -2.76. The lowest BCUT2D eigenvalue weighted by Crippen LogP contribution is -2.14. The summed E-state index contributed by atoms with van der Waals surface area (Å²) in [5.74, 6) is -0.745. The normalized spacial score (nSPS) is 12.7. The summed E-state index contributed by atoms with van der Waals surface area (Å²) in [7, 11) is 0. The highest BCUT2D eigenvalue weighted by molar-refractivity contribution is 6.03. The zero-order chi connectivity index (χ0) is 13.2. The Morgan fingerprint density at radius 1 is 1.32 bits per heavy atom. The van der Waals surface area contributed by atoms with Gasteiger partial charge >= 0.3 is 5.97 Å². The monoisotopic (exact) mass is 255 g/mol. The van der Waals surface area contributed by atoms with Gasteiger partial charge in [0.15, 0.2) is 0 Å². The van der Waals surface area contributed by atoms with Gasteiger partial charge in [-0.15, -0.1) is 0 Å². The smallest absolute Gasteiger partial charge is 0.338 e. The highest BCUT2D eigenvalue weighted by Crippen LogP contribution is 2.23. The van der Waals surface area contributed by atoms with Gasteiger partial charge in [-0.25, -0.2) is 9.78 Å². The Morgan fingerprint density at radius 3 is 3.00 bits per heavy atom. The van der Waals surface area contributed by atoms with Gasteiger partial charge in [-0.2, -0.15) is 0 Å². The lowest BCUT2D eigenvalue weighted by molar-refractivity contribution is 0.0535. The second kappa shape index (κ2) is 4.49. The number of hydrogen-bond acceptors (Lipinski definition) is 5. The van der Waals surface area contributed by atoms with Crippen LogP contribution in [0.2, 0.25) is 0 Å². The molecule has 19 heavy (non-hydrogen) atoms. The molecule has 0 aliphatic carbocycles. The number of amides is 1. The van der Waals surface area contributed by atoms with Gasteiger partial charge in [0.1, 0.15) is 12.3 Å². The topological polar surface area (TPSA) is 81.2 Å². The number of ether oxygens (including phenoxy) is 1. The minimum Gasteiger partial charge on any atom is -0.457 e. The summed E-state index contributed by atoms with van der Waals surface area (Å²) in [6.45, 7) is 0.284. The number of nitrogens with zero attached hydrogens (tertiary/aromatic N) is 2. The molecule has 0 atom stereocenters. The van der Waals surface area contributed by atoms with E-state index >= 15 is 0 Å². The van der Waals surface area contributed by atoms with E-state index in [0.717, 1.165) is 5.56 Å². The minimum absolute atomic E-state index is 0.213. The molecule has 1 amide bonds. The Labute approximate surface area is 108 Å². The van der Waals surface area contributed by atoms with Crippen molar-refractivity contribution < 1.29 is 14.3 Å². The van der Waals surface area contributed by atoms with Crippen molar-refractivity contribution in [3.05, 3.63) is 53.6 Å². The summed E-state index contributed by atoms with van der Waals surface area (Å²) in [5.41, 5.74) is 2.04. The SMILES string of the molecule is O=C(Nc1ccc2c(c1)C(=O)OC2)c1cnccn1. The lowest BCUT2D eigenvalue weighted by Gasteiger charge is -2.05. The molecule has 1 aromatic heterocycles. The van der Waals surface area contributed by atoms with Gasteiger partial charge in [0.05, 0.1) is 11.8 Å². The number of esters is 1. The molecule has 0 radical (unpaired) electrons. The number of cyclic esters (lactones) is 1. The maximum absolute atomic E-state index is 11.9. The van der Waals surface area contributed by atoms with E-state index in [1.54, 1.807) is 18.2 Å². The van der Waals surface area contributed by atoms with E-state index < -0.39 is 0 Å². The third-order valence-electron chi connectivity index (χ3n) is 2.74. The van der Waals surface area contributed by atoms with Crippen molar-refractivity contribution in [2.45, 2.75) is 6.61 Å². The minimum atomic E-state index is -0.376. The quantitative estimate of drug-likeness (QED) is 0.820. The van der Waals surface area contributed by atoms with Gasteiger partial charge in [0, 0.05) is 23.6 Å². The Bertz CT molecular complexity index is 655. The van der Waals surface area contributed by atoms with E-state index in [-0.39, 0.29) is 24.2 Å². The molecular formula is C13H9N3O3. The fraction of sp³-hybridized carbons (Fsp3) is 0.0769. The molecule has 0 saturated heterocycles. The first-order valence-electron chi connectivity index (χ1n) is 5.61. The van der Waals surface area contributed by atoms with Gasteiger partial charge in [-0.05, 0) is 12.1 Å². The van der Waals surface area contributed by atoms with Crippen molar-refractivity contribution in [1.82, 2.24) is 9.97 Å². The Morgan fingerprint density at radius 2 is 2.21 bits per heavy atom. The van der Waals surface area contributed by atoms with Crippen molar-refractivity contribution >= 4 is 17.6 Å². The van der Waals surface area contributed by atoms with Gasteiger partial charge < -0.3 is 10.1 Å². The van der Waals surface area contributed by atoms with E-state index in [1.807, 2.05) is 0 Å². The Kier molecular flexibility index (Phi) is 2.68. The molecule has 6 heteroatoms. The molecule has 1 N–H and O–H groups in total. The fourth-order valence-electron chi connectivity index (χ4n) is 1.80. The Balaban J connectivity index is 1.83. The van der Waals surface area contributed by atoms with E-state index in [1.165, 1.54) is 18.6 Å². The number of anilines is 1. The van der Waals surface area contributed by atoms with Crippen LogP contribution in [0.25, 0.3) is 0 Å². The van der Waals surface area contributed by atoms with Gasteiger partial charge in [-0.3, -0.25) is 9.78 Å². The van der Waals surface area contributed by atoms with E-state index in [2.05, 4.69) is 15.3 Å². The summed E-state index contributed by atoms with van der Waals surface area (Å²) in [6, 6.07) is 5.07. The first-order valence-corrected chi connectivity index (χ1v) is 5.61. The summed E-state index contributed by atoms with van der Waals surface area (Å²) in [6.07, 6.45) is 4.30. The largest absolute Gasteiger partial charge is 0.457 e. The molecule has 6 nitrogen and oxygen atoms in total. The molecule has 1 aromatic carbocycles. The van der Waals surface area contributed by atoms with Gasteiger partial charge in [0.2, 0.25) is 0 Å². The molecule has 0 saturated carbocycles. The first kappa shape index (κ1) is 11.3. The summed E-state index contributed by atoms with van der Waals surface area (Å²) < 4.78 is 4.89. The number of benzene rings is 1. The zero-order valence-corrected chi connectivity index (χ0v) is 9.79. The molecule has 2 heterocycles. The highest BCUT2D eigenvalue weighted by Gasteiger charge is 2.21. The van der Waals surface area contributed by atoms with Crippen LogP contribution >= 0.6 is 0 Å². The standard InChI is InChI=1S/C13H9N3O3/c17-12(11-6-14-3-4-15-11)16-9-2-1-8-7-19-13(18)10(8)5-9/h1-6H,7H2,(H,16,17). The molecule has 0 fully saturated rings. The van der Waals surface area contributed by atoms with E-state index in [0.29, 0.717) is 11.3 Å². The average molecular weight is 255 g/mol. The maximum atomic E-state index is 11.9. The van der Waals surface area contributed by atoms with Gasteiger partial charge in [0.25, 0.3) is 5.91 Å². The molecule has 0 spiro atoms. The van der Waals surface area contributed by atoms with Crippen molar-refractivity contribution in [1.29, 1.82) is 0 Å². The van der Waals surface area contributed by atoms with Crippen LogP contribution in [0, 0.1) is 0 Å². The second-order valence-electron chi connectivity index (χ2n) is 3.99. The van der Waals surface area contributed by atoms with Crippen LogP contribution < -0.4 is 5.32 Å². The molecule has 0 bridgehead atoms. The number of carbonyl (C=O) groups excluding carboxylic acids is 2. The van der Waals surface area contributed by atoms with Crippen molar-refractivity contribution in [2.75, 3.05) is 5.32 Å². The fourth-order valence-corrected chi connectivity index (χ4v) is 1.80. The third kappa shape index (κ3) is 2.15. The number of aromatic nitrogens is 2. The van der Waals surface area contributed by atoms with Crippen LogP contribution in [0.15, 0.2) is 36.8 Å². The number of fused-ring (bicyclic) bond motifs is 1. The number of rotatable bonds is 2. The summed E-state index contributed by atoms with van der Waals surface area (Å²) >= 11 is 0.